The van der Waals surface area contributed by atoms with E-state index < -0.39 is 11.8 Å². The number of carboxylic acid groups (broad SMARTS) is 1. The number of nitrogens with zero attached hydrogens (tertiary/aromatic N) is 1. The number of carbonyl (C=O) groups excluding carboxylic acids is 1. The van der Waals surface area contributed by atoms with Gasteiger partial charge in [0.15, 0.2) is 6.61 Å². The monoisotopic (exact) mass is 295 g/mol. The van der Waals surface area contributed by atoms with E-state index in [9.17, 15) is 14.0 Å². The topological polar surface area (TPSA) is 66.8 Å². The maximum atomic E-state index is 13.0. The summed E-state index contributed by atoms with van der Waals surface area (Å²) in [6.07, 6.45) is 1.54. The van der Waals surface area contributed by atoms with Crippen molar-refractivity contribution in [1.82, 2.24) is 4.90 Å². The predicted molar refractivity (Wildman–Crippen MR) is 73.5 cm³/mol. The Kier molecular flexibility index (Phi) is 5.14. The third-order valence-electron chi connectivity index (χ3n) is 3.56. The molecule has 2 rings (SSSR count). The molecule has 1 unspecified atom stereocenters. The molecule has 0 saturated carbocycles. The van der Waals surface area contributed by atoms with E-state index in [1.165, 1.54) is 18.2 Å². The highest BCUT2D eigenvalue weighted by Gasteiger charge is 2.26. The number of hydrogen-bond donors (Lipinski definition) is 1. The molecule has 1 aliphatic heterocycles. The van der Waals surface area contributed by atoms with Gasteiger partial charge in [-0.2, -0.15) is 0 Å². The summed E-state index contributed by atoms with van der Waals surface area (Å²) < 4.78 is 18.2. The highest BCUT2D eigenvalue weighted by Crippen LogP contribution is 2.21. The standard InChI is InChI=1S/C15H18FNO4/c16-12-2-1-3-13(8-12)21-10-14(18)17-7-6-11(9-17)4-5-15(19)20/h1-3,8,11H,4-7,9-10H2,(H,19,20). The van der Waals surface area contributed by atoms with Gasteiger partial charge in [-0.25, -0.2) is 4.39 Å². The Balaban J connectivity index is 1.75. The van der Waals surface area contributed by atoms with E-state index in [1.54, 1.807) is 11.0 Å². The van der Waals surface area contributed by atoms with Crippen LogP contribution >= 0.6 is 0 Å². The quantitative estimate of drug-likeness (QED) is 0.870. The Morgan fingerprint density at radius 3 is 2.95 bits per heavy atom. The Morgan fingerprint density at radius 1 is 1.43 bits per heavy atom. The molecule has 1 amide bonds. The molecule has 0 aliphatic carbocycles. The summed E-state index contributed by atoms with van der Waals surface area (Å²) in [5, 5.41) is 8.65. The van der Waals surface area contributed by atoms with E-state index in [0.717, 1.165) is 6.42 Å². The fourth-order valence-electron chi connectivity index (χ4n) is 2.42. The minimum absolute atomic E-state index is 0.130. The van der Waals surface area contributed by atoms with Crippen LogP contribution in [-0.4, -0.2) is 41.6 Å². The second-order valence-corrected chi connectivity index (χ2v) is 5.17. The zero-order valence-corrected chi connectivity index (χ0v) is 11.6. The van der Waals surface area contributed by atoms with E-state index >= 15 is 0 Å². The molecule has 1 N–H and O–H groups in total. The zero-order valence-electron chi connectivity index (χ0n) is 11.6. The van der Waals surface area contributed by atoms with Crippen LogP contribution in [0.5, 0.6) is 5.75 Å². The highest BCUT2D eigenvalue weighted by atomic mass is 19.1. The Morgan fingerprint density at radius 2 is 2.24 bits per heavy atom. The van der Waals surface area contributed by atoms with Crippen LogP contribution in [0.15, 0.2) is 24.3 Å². The summed E-state index contributed by atoms with van der Waals surface area (Å²) in [5.41, 5.74) is 0. The molecule has 1 saturated heterocycles. The van der Waals surface area contributed by atoms with Crippen molar-refractivity contribution >= 4 is 11.9 Å². The Hall–Kier alpha value is -2.11. The lowest BCUT2D eigenvalue weighted by Crippen LogP contribution is -2.33. The van der Waals surface area contributed by atoms with Crippen LogP contribution in [0, 0.1) is 11.7 Å². The van der Waals surface area contributed by atoms with Gasteiger partial charge in [-0.15, -0.1) is 0 Å². The molecule has 6 heteroatoms. The summed E-state index contributed by atoms with van der Waals surface area (Å²) in [6, 6.07) is 5.65. The van der Waals surface area contributed by atoms with Crippen LogP contribution in [0.2, 0.25) is 0 Å². The number of carboxylic acids is 1. The molecule has 114 valence electrons. The molecule has 0 bridgehead atoms. The van der Waals surface area contributed by atoms with Crippen LogP contribution in [0.3, 0.4) is 0 Å². The van der Waals surface area contributed by atoms with Crippen LogP contribution in [0.1, 0.15) is 19.3 Å². The van der Waals surface area contributed by atoms with Crippen LogP contribution in [0.4, 0.5) is 4.39 Å². The predicted octanol–water partition coefficient (Wildman–Crippen LogP) is 1.92. The first kappa shape index (κ1) is 15.3. The van der Waals surface area contributed by atoms with Crippen molar-refractivity contribution in [2.24, 2.45) is 5.92 Å². The average molecular weight is 295 g/mol. The number of ether oxygens (including phenoxy) is 1. The van der Waals surface area contributed by atoms with Gasteiger partial charge in [-0.1, -0.05) is 6.07 Å². The van der Waals surface area contributed by atoms with Gasteiger partial charge in [0.05, 0.1) is 0 Å². The number of amides is 1. The Labute approximate surface area is 122 Å². The number of carbonyl (C=O) groups is 2. The molecule has 1 atom stereocenters. The van der Waals surface area contributed by atoms with Gasteiger partial charge in [-0.05, 0) is 30.9 Å². The smallest absolute Gasteiger partial charge is 0.303 e. The Bertz CT molecular complexity index is 520. The number of likely N-dealkylation sites (tertiary alicyclic amines) is 1. The highest BCUT2D eigenvalue weighted by molar-refractivity contribution is 5.78. The third-order valence-corrected chi connectivity index (χ3v) is 3.56. The lowest BCUT2D eigenvalue weighted by Gasteiger charge is -2.16. The van der Waals surface area contributed by atoms with Gasteiger partial charge in [-0.3, -0.25) is 9.59 Å². The van der Waals surface area contributed by atoms with Gasteiger partial charge in [0.2, 0.25) is 0 Å². The molecular formula is C15H18FNO4. The fraction of sp³-hybridized carbons (Fsp3) is 0.467. The maximum absolute atomic E-state index is 13.0. The van der Waals surface area contributed by atoms with E-state index in [0.29, 0.717) is 25.3 Å². The van der Waals surface area contributed by atoms with Crippen molar-refractivity contribution < 1.29 is 23.8 Å². The second-order valence-electron chi connectivity index (χ2n) is 5.17. The molecule has 0 spiro atoms. The lowest BCUT2D eigenvalue weighted by molar-refractivity contribution is -0.137. The number of benzene rings is 1. The molecule has 1 aromatic rings. The van der Waals surface area contributed by atoms with E-state index in [4.69, 9.17) is 9.84 Å². The average Bonchev–Trinajstić information content (AvgIpc) is 2.91. The van der Waals surface area contributed by atoms with Gasteiger partial charge >= 0.3 is 5.97 Å². The summed E-state index contributed by atoms with van der Waals surface area (Å²) in [6.45, 7) is 1.06. The van der Waals surface area contributed by atoms with Gasteiger partial charge in [0, 0.05) is 25.6 Å². The largest absolute Gasteiger partial charge is 0.484 e. The number of rotatable bonds is 6. The molecule has 0 aromatic heterocycles. The number of aliphatic carboxylic acids is 1. The van der Waals surface area contributed by atoms with Crippen molar-refractivity contribution in [2.45, 2.75) is 19.3 Å². The van der Waals surface area contributed by atoms with Gasteiger partial charge < -0.3 is 14.7 Å². The third kappa shape index (κ3) is 4.73. The summed E-state index contributed by atoms with van der Waals surface area (Å²) in [5.74, 6) is -0.814. The van der Waals surface area contributed by atoms with Crippen molar-refractivity contribution in [3.8, 4) is 5.75 Å². The van der Waals surface area contributed by atoms with Crippen molar-refractivity contribution in [1.29, 1.82) is 0 Å². The zero-order chi connectivity index (χ0) is 15.2. The normalized spacial score (nSPS) is 17.8. The molecule has 1 fully saturated rings. The van der Waals surface area contributed by atoms with E-state index in [1.807, 2.05) is 0 Å². The van der Waals surface area contributed by atoms with Gasteiger partial charge in [0.25, 0.3) is 5.91 Å². The molecule has 1 aliphatic rings. The van der Waals surface area contributed by atoms with E-state index in [-0.39, 0.29) is 24.9 Å². The SMILES string of the molecule is O=C(O)CCC1CCN(C(=O)COc2cccc(F)c2)C1. The first-order valence-corrected chi connectivity index (χ1v) is 6.92. The fourth-order valence-corrected chi connectivity index (χ4v) is 2.42. The summed E-state index contributed by atoms with van der Waals surface area (Å²) in [7, 11) is 0. The van der Waals surface area contributed by atoms with E-state index in [2.05, 4.69) is 0 Å². The summed E-state index contributed by atoms with van der Waals surface area (Å²) >= 11 is 0. The molecular weight excluding hydrogens is 277 g/mol. The summed E-state index contributed by atoms with van der Waals surface area (Å²) in [4.78, 5) is 24.2. The first-order valence-electron chi connectivity index (χ1n) is 6.92. The number of hydrogen-bond acceptors (Lipinski definition) is 3. The van der Waals surface area contributed by atoms with Crippen molar-refractivity contribution in [2.75, 3.05) is 19.7 Å². The molecule has 21 heavy (non-hydrogen) atoms. The first-order chi connectivity index (χ1) is 10.0. The molecule has 1 heterocycles. The van der Waals surface area contributed by atoms with Crippen molar-refractivity contribution in [3.63, 3.8) is 0 Å². The second kappa shape index (κ2) is 7.06. The molecule has 0 radical (unpaired) electrons. The number of halogens is 1. The van der Waals surface area contributed by atoms with Gasteiger partial charge in [0.1, 0.15) is 11.6 Å². The maximum Gasteiger partial charge on any atom is 0.303 e. The van der Waals surface area contributed by atoms with Crippen LogP contribution in [-0.2, 0) is 9.59 Å². The molecule has 1 aromatic carbocycles. The molecule has 5 nitrogen and oxygen atoms in total. The lowest BCUT2D eigenvalue weighted by atomic mass is 10.0. The van der Waals surface area contributed by atoms with Crippen LogP contribution in [0.25, 0.3) is 0 Å². The van der Waals surface area contributed by atoms with Crippen molar-refractivity contribution in [3.05, 3.63) is 30.1 Å². The van der Waals surface area contributed by atoms with Crippen LogP contribution < -0.4 is 4.74 Å². The minimum atomic E-state index is -0.811. The minimum Gasteiger partial charge on any atom is -0.484 e.